The lowest BCUT2D eigenvalue weighted by atomic mass is 10.1. The SMILES string of the molecule is CCCC(=C[C]=O)CC. The normalized spacial score (nSPS) is 11.6. The molecule has 0 aromatic heterocycles. The first-order chi connectivity index (χ1) is 4.35. The molecule has 0 saturated carbocycles. The average Bonchev–Trinajstić information content (AvgIpc) is 1.88. The molecule has 0 aliphatic rings. The molecular formula is C8H13O. The topological polar surface area (TPSA) is 17.1 Å². The van der Waals surface area contributed by atoms with Crippen molar-refractivity contribution in [1.82, 2.24) is 0 Å². The molecule has 0 aromatic rings. The van der Waals surface area contributed by atoms with Crippen LogP contribution in [0.25, 0.3) is 0 Å². The molecule has 0 aliphatic carbocycles. The summed E-state index contributed by atoms with van der Waals surface area (Å²) in [7, 11) is 0. The molecule has 0 amide bonds. The minimum atomic E-state index is 0.975. The lowest BCUT2D eigenvalue weighted by Gasteiger charge is -1.96. The van der Waals surface area contributed by atoms with Crippen LogP contribution in [0.1, 0.15) is 33.1 Å². The Morgan fingerprint density at radius 3 is 2.56 bits per heavy atom. The van der Waals surface area contributed by atoms with Crippen LogP contribution in [0.15, 0.2) is 11.6 Å². The monoisotopic (exact) mass is 125 g/mol. The molecule has 0 saturated heterocycles. The van der Waals surface area contributed by atoms with E-state index in [4.69, 9.17) is 0 Å². The summed E-state index contributed by atoms with van der Waals surface area (Å²) in [4.78, 5) is 9.85. The van der Waals surface area contributed by atoms with Crippen LogP contribution in [0.4, 0.5) is 0 Å². The van der Waals surface area contributed by atoms with Crippen molar-refractivity contribution in [2.75, 3.05) is 0 Å². The minimum absolute atomic E-state index is 0.975. The standard InChI is InChI=1S/C8H13O/c1-3-5-8(4-2)6-7-9/h6H,3-5H2,1-2H3. The highest BCUT2D eigenvalue weighted by Gasteiger charge is 1.89. The highest BCUT2D eigenvalue weighted by molar-refractivity contribution is 5.66. The highest BCUT2D eigenvalue weighted by atomic mass is 16.1. The van der Waals surface area contributed by atoms with E-state index in [1.54, 1.807) is 12.4 Å². The lowest BCUT2D eigenvalue weighted by molar-refractivity contribution is 0.563. The van der Waals surface area contributed by atoms with Gasteiger partial charge in [0.1, 0.15) is 0 Å². The Kier molecular flexibility index (Phi) is 5.18. The molecule has 0 N–H and O–H groups in total. The van der Waals surface area contributed by atoms with Gasteiger partial charge in [-0.25, -0.2) is 0 Å². The molecule has 0 rings (SSSR count). The molecular weight excluding hydrogens is 112 g/mol. The van der Waals surface area contributed by atoms with Gasteiger partial charge < -0.3 is 0 Å². The van der Waals surface area contributed by atoms with Gasteiger partial charge in [-0.3, -0.25) is 4.79 Å². The van der Waals surface area contributed by atoms with Crippen LogP contribution in [-0.4, -0.2) is 6.29 Å². The molecule has 1 nitrogen and oxygen atoms in total. The first-order valence-electron chi connectivity index (χ1n) is 3.40. The van der Waals surface area contributed by atoms with Crippen LogP contribution in [-0.2, 0) is 4.79 Å². The molecule has 9 heavy (non-hydrogen) atoms. The van der Waals surface area contributed by atoms with Crippen molar-refractivity contribution < 1.29 is 4.79 Å². The summed E-state index contributed by atoms with van der Waals surface area (Å²) in [5.41, 5.74) is 1.20. The summed E-state index contributed by atoms with van der Waals surface area (Å²) >= 11 is 0. The van der Waals surface area contributed by atoms with Crippen molar-refractivity contribution in [3.05, 3.63) is 11.6 Å². The van der Waals surface area contributed by atoms with Gasteiger partial charge in [0.05, 0.1) is 0 Å². The molecule has 0 heterocycles. The molecule has 1 heteroatoms. The van der Waals surface area contributed by atoms with Crippen molar-refractivity contribution >= 4 is 6.29 Å². The van der Waals surface area contributed by atoms with Gasteiger partial charge in [0.2, 0.25) is 6.29 Å². The lowest BCUT2D eigenvalue weighted by Crippen LogP contribution is -1.80. The Hall–Kier alpha value is -0.590. The largest absolute Gasteiger partial charge is 0.286 e. The predicted octanol–water partition coefficient (Wildman–Crippen LogP) is 2.23. The summed E-state index contributed by atoms with van der Waals surface area (Å²) in [6.45, 7) is 4.16. The summed E-state index contributed by atoms with van der Waals surface area (Å²) in [6.07, 6.45) is 6.46. The maximum atomic E-state index is 9.85. The quantitative estimate of drug-likeness (QED) is 0.526. The molecule has 51 valence electrons. The van der Waals surface area contributed by atoms with Gasteiger partial charge in [0, 0.05) is 0 Å². The van der Waals surface area contributed by atoms with Crippen molar-refractivity contribution in [3.63, 3.8) is 0 Å². The fourth-order valence-electron chi connectivity index (χ4n) is 0.755. The fraction of sp³-hybridized carbons (Fsp3) is 0.625. The van der Waals surface area contributed by atoms with Gasteiger partial charge in [-0.15, -0.1) is 0 Å². The van der Waals surface area contributed by atoms with E-state index in [2.05, 4.69) is 13.8 Å². The van der Waals surface area contributed by atoms with Gasteiger partial charge in [-0.2, -0.15) is 0 Å². The number of hydrogen-bond donors (Lipinski definition) is 0. The van der Waals surface area contributed by atoms with E-state index in [0.29, 0.717) is 0 Å². The van der Waals surface area contributed by atoms with Crippen molar-refractivity contribution in [1.29, 1.82) is 0 Å². The number of allylic oxidation sites excluding steroid dienone is 2. The second-order valence-corrected chi connectivity index (χ2v) is 2.02. The Bertz CT molecular complexity index is 103. The Labute approximate surface area is 56.8 Å². The molecule has 0 aliphatic heterocycles. The Balaban J connectivity index is 3.66. The predicted molar refractivity (Wildman–Crippen MR) is 39.0 cm³/mol. The van der Waals surface area contributed by atoms with Crippen LogP contribution >= 0.6 is 0 Å². The van der Waals surface area contributed by atoms with E-state index in [1.165, 1.54) is 5.57 Å². The molecule has 0 bridgehead atoms. The maximum Gasteiger partial charge on any atom is 0.225 e. The first kappa shape index (κ1) is 8.41. The van der Waals surface area contributed by atoms with Gasteiger partial charge >= 0.3 is 0 Å². The van der Waals surface area contributed by atoms with E-state index >= 15 is 0 Å². The first-order valence-corrected chi connectivity index (χ1v) is 3.40. The molecule has 0 aromatic carbocycles. The van der Waals surface area contributed by atoms with Gasteiger partial charge in [0.15, 0.2) is 0 Å². The highest BCUT2D eigenvalue weighted by Crippen LogP contribution is 2.06. The maximum absolute atomic E-state index is 9.85. The van der Waals surface area contributed by atoms with Gasteiger partial charge in [-0.05, 0) is 18.9 Å². The zero-order chi connectivity index (χ0) is 7.11. The summed E-state index contributed by atoms with van der Waals surface area (Å²) in [6, 6.07) is 0. The van der Waals surface area contributed by atoms with Crippen molar-refractivity contribution in [2.45, 2.75) is 33.1 Å². The minimum Gasteiger partial charge on any atom is -0.286 e. The Morgan fingerprint density at radius 1 is 1.56 bits per heavy atom. The summed E-state index contributed by atoms with van der Waals surface area (Å²) in [5, 5.41) is 0. The summed E-state index contributed by atoms with van der Waals surface area (Å²) in [5.74, 6) is 0. The van der Waals surface area contributed by atoms with Gasteiger partial charge in [0.25, 0.3) is 0 Å². The van der Waals surface area contributed by atoms with E-state index < -0.39 is 0 Å². The second-order valence-electron chi connectivity index (χ2n) is 2.02. The van der Waals surface area contributed by atoms with Crippen molar-refractivity contribution in [3.8, 4) is 0 Å². The molecule has 0 unspecified atom stereocenters. The molecule has 0 spiro atoms. The van der Waals surface area contributed by atoms with Crippen LogP contribution in [0.2, 0.25) is 0 Å². The fourth-order valence-corrected chi connectivity index (χ4v) is 0.755. The van der Waals surface area contributed by atoms with Crippen molar-refractivity contribution in [2.24, 2.45) is 0 Å². The van der Waals surface area contributed by atoms with Crippen LogP contribution in [0.3, 0.4) is 0 Å². The third kappa shape index (κ3) is 3.95. The van der Waals surface area contributed by atoms with E-state index in [1.807, 2.05) is 0 Å². The van der Waals surface area contributed by atoms with Gasteiger partial charge in [-0.1, -0.05) is 25.8 Å². The summed E-state index contributed by atoms with van der Waals surface area (Å²) < 4.78 is 0. The average molecular weight is 125 g/mol. The third-order valence-corrected chi connectivity index (χ3v) is 1.29. The number of carbonyl (C=O) groups excluding carboxylic acids is 1. The molecule has 0 atom stereocenters. The Morgan fingerprint density at radius 2 is 2.22 bits per heavy atom. The van der Waals surface area contributed by atoms with Crippen LogP contribution in [0, 0.1) is 0 Å². The smallest absolute Gasteiger partial charge is 0.225 e. The second kappa shape index (κ2) is 5.54. The van der Waals surface area contributed by atoms with Crippen LogP contribution < -0.4 is 0 Å². The van der Waals surface area contributed by atoms with E-state index in [0.717, 1.165) is 19.3 Å². The van der Waals surface area contributed by atoms with E-state index in [-0.39, 0.29) is 0 Å². The van der Waals surface area contributed by atoms with E-state index in [9.17, 15) is 4.79 Å². The zero-order valence-electron chi connectivity index (χ0n) is 6.11. The number of hydrogen-bond acceptors (Lipinski definition) is 1. The number of rotatable bonds is 4. The molecule has 1 radical (unpaired) electrons. The molecule has 0 fully saturated rings. The zero-order valence-corrected chi connectivity index (χ0v) is 6.11. The van der Waals surface area contributed by atoms with Crippen LogP contribution in [0.5, 0.6) is 0 Å². The third-order valence-electron chi connectivity index (χ3n) is 1.29.